The highest BCUT2D eigenvalue weighted by molar-refractivity contribution is 5.96. The number of halogens is 1. The van der Waals surface area contributed by atoms with Crippen LogP contribution < -0.4 is 5.32 Å². The van der Waals surface area contributed by atoms with Gasteiger partial charge >= 0.3 is 5.97 Å². The molecule has 2 heterocycles. The molecule has 0 saturated carbocycles. The largest absolute Gasteiger partial charge is 0.465 e. The lowest BCUT2D eigenvalue weighted by atomic mass is 10.0. The number of methoxy groups -OCH3 is 1. The normalized spacial score (nSPS) is 17.0. The molecule has 0 aliphatic carbocycles. The Hall–Kier alpha value is -2.37. The molecular weight excluding hydrogens is 273 g/mol. The van der Waals surface area contributed by atoms with Crippen molar-refractivity contribution in [3.63, 3.8) is 0 Å². The van der Waals surface area contributed by atoms with Gasteiger partial charge in [-0.1, -0.05) is 12.1 Å². The summed E-state index contributed by atoms with van der Waals surface area (Å²) in [5.41, 5.74) is 1.89. The van der Waals surface area contributed by atoms with Gasteiger partial charge in [-0.05, 0) is 31.0 Å². The number of rotatable bonds is 2. The topological polar surface area (TPSA) is 56.1 Å². The van der Waals surface area contributed by atoms with E-state index >= 15 is 0 Å². The molecule has 1 aliphatic heterocycles. The molecule has 2 aromatic rings. The molecular formula is C15H16FN3O2. The number of aryl methyl sites for hydroxylation is 1. The van der Waals surface area contributed by atoms with Crippen LogP contribution in [0, 0.1) is 12.7 Å². The van der Waals surface area contributed by atoms with Crippen LogP contribution in [0.3, 0.4) is 0 Å². The van der Waals surface area contributed by atoms with Crippen molar-refractivity contribution in [2.75, 3.05) is 19.0 Å². The van der Waals surface area contributed by atoms with Crippen molar-refractivity contribution in [1.82, 2.24) is 9.78 Å². The average Bonchev–Trinajstić information content (AvgIpc) is 2.82. The van der Waals surface area contributed by atoms with Crippen LogP contribution in [0.25, 0.3) is 0 Å². The van der Waals surface area contributed by atoms with E-state index in [2.05, 4.69) is 10.4 Å². The molecule has 6 heteroatoms. The van der Waals surface area contributed by atoms with Crippen LogP contribution in [-0.4, -0.2) is 29.4 Å². The number of anilines is 1. The molecule has 1 atom stereocenters. The van der Waals surface area contributed by atoms with Crippen LogP contribution in [-0.2, 0) is 4.74 Å². The summed E-state index contributed by atoms with van der Waals surface area (Å²) in [6.45, 7) is 2.46. The SMILES string of the molecule is COC(=O)c1c(C)nn2c1NCCC2c1cccc(F)c1. The fraction of sp³-hybridized carbons (Fsp3) is 0.333. The third-order valence-corrected chi connectivity index (χ3v) is 3.71. The summed E-state index contributed by atoms with van der Waals surface area (Å²) < 4.78 is 20.0. The first-order valence-electron chi connectivity index (χ1n) is 6.78. The molecule has 1 aliphatic rings. The van der Waals surface area contributed by atoms with E-state index in [9.17, 15) is 9.18 Å². The number of nitrogens with one attached hydrogen (secondary N) is 1. The zero-order chi connectivity index (χ0) is 15.0. The summed E-state index contributed by atoms with van der Waals surface area (Å²) in [4.78, 5) is 11.9. The van der Waals surface area contributed by atoms with Crippen molar-refractivity contribution < 1.29 is 13.9 Å². The lowest BCUT2D eigenvalue weighted by Crippen LogP contribution is -2.25. The number of esters is 1. The Morgan fingerprint density at radius 3 is 3.05 bits per heavy atom. The van der Waals surface area contributed by atoms with Gasteiger partial charge in [0.05, 0.1) is 18.8 Å². The zero-order valence-corrected chi connectivity index (χ0v) is 11.9. The van der Waals surface area contributed by atoms with E-state index in [1.165, 1.54) is 19.2 Å². The maximum absolute atomic E-state index is 13.4. The van der Waals surface area contributed by atoms with Crippen molar-refractivity contribution in [3.8, 4) is 0 Å². The van der Waals surface area contributed by atoms with E-state index in [0.29, 0.717) is 23.6 Å². The predicted molar refractivity (Wildman–Crippen MR) is 75.9 cm³/mol. The number of carbonyl (C=O) groups is 1. The molecule has 1 aromatic heterocycles. The number of benzene rings is 1. The van der Waals surface area contributed by atoms with Gasteiger partial charge in [0, 0.05) is 6.54 Å². The summed E-state index contributed by atoms with van der Waals surface area (Å²) in [6, 6.07) is 6.39. The number of fused-ring (bicyclic) bond motifs is 1. The van der Waals surface area contributed by atoms with Crippen molar-refractivity contribution in [2.45, 2.75) is 19.4 Å². The Balaban J connectivity index is 2.09. The summed E-state index contributed by atoms with van der Waals surface area (Å²) in [7, 11) is 1.35. The van der Waals surface area contributed by atoms with Gasteiger partial charge in [0.2, 0.25) is 0 Å². The van der Waals surface area contributed by atoms with Crippen LogP contribution in [0.2, 0.25) is 0 Å². The van der Waals surface area contributed by atoms with Gasteiger partial charge in [0.15, 0.2) is 0 Å². The summed E-state index contributed by atoms with van der Waals surface area (Å²) in [5, 5.41) is 7.63. The van der Waals surface area contributed by atoms with E-state index in [1.54, 1.807) is 17.7 Å². The quantitative estimate of drug-likeness (QED) is 0.863. The number of hydrogen-bond acceptors (Lipinski definition) is 4. The van der Waals surface area contributed by atoms with E-state index in [4.69, 9.17) is 4.74 Å². The third kappa shape index (κ3) is 2.26. The number of ether oxygens (including phenoxy) is 1. The summed E-state index contributed by atoms with van der Waals surface area (Å²) in [6.07, 6.45) is 0.776. The van der Waals surface area contributed by atoms with Gasteiger partial charge < -0.3 is 10.1 Å². The van der Waals surface area contributed by atoms with E-state index in [-0.39, 0.29) is 11.9 Å². The molecule has 1 aromatic carbocycles. The van der Waals surface area contributed by atoms with Gasteiger partial charge in [-0.25, -0.2) is 13.9 Å². The summed E-state index contributed by atoms with van der Waals surface area (Å²) >= 11 is 0. The first-order chi connectivity index (χ1) is 10.1. The first kappa shape index (κ1) is 13.6. The Bertz CT molecular complexity index is 696. The van der Waals surface area contributed by atoms with Crippen molar-refractivity contribution in [3.05, 3.63) is 46.9 Å². The molecule has 5 nitrogen and oxygen atoms in total. The Labute approximate surface area is 121 Å². The Morgan fingerprint density at radius 2 is 2.33 bits per heavy atom. The van der Waals surface area contributed by atoms with E-state index in [0.717, 1.165) is 12.0 Å². The van der Waals surface area contributed by atoms with Crippen LogP contribution in [0.15, 0.2) is 24.3 Å². The molecule has 0 amide bonds. The summed E-state index contributed by atoms with van der Waals surface area (Å²) in [5.74, 6) is -0.0503. The average molecular weight is 289 g/mol. The molecule has 0 spiro atoms. The predicted octanol–water partition coefficient (Wildman–Crippen LogP) is 2.52. The van der Waals surface area contributed by atoms with Crippen LogP contribution in [0.5, 0.6) is 0 Å². The molecule has 1 N–H and O–H groups in total. The fourth-order valence-electron chi connectivity index (χ4n) is 2.76. The first-order valence-corrected chi connectivity index (χ1v) is 6.78. The van der Waals surface area contributed by atoms with Gasteiger partial charge in [0.1, 0.15) is 17.2 Å². The highest BCUT2D eigenvalue weighted by Gasteiger charge is 2.29. The van der Waals surface area contributed by atoms with Gasteiger partial charge in [-0.3, -0.25) is 0 Å². The maximum atomic E-state index is 13.4. The third-order valence-electron chi connectivity index (χ3n) is 3.71. The number of carbonyl (C=O) groups excluding carboxylic acids is 1. The minimum absolute atomic E-state index is 0.0888. The monoisotopic (exact) mass is 289 g/mol. The molecule has 0 bridgehead atoms. The smallest absolute Gasteiger partial charge is 0.343 e. The van der Waals surface area contributed by atoms with E-state index < -0.39 is 5.97 Å². The lowest BCUT2D eigenvalue weighted by Gasteiger charge is -2.26. The van der Waals surface area contributed by atoms with Crippen molar-refractivity contribution in [1.29, 1.82) is 0 Å². The second-order valence-electron chi connectivity index (χ2n) is 5.03. The molecule has 0 radical (unpaired) electrons. The highest BCUT2D eigenvalue weighted by Crippen LogP contribution is 2.33. The molecule has 3 rings (SSSR count). The number of nitrogens with zero attached hydrogens (tertiary/aromatic N) is 2. The van der Waals surface area contributed by atoms with Crippen molar-refractivity contribution in [2.24, 2.45) is 0 Å². The zero-order valence-electron chi connectivity index (χ0n) is 11.9. The minimum Gasteiger partial charge on any atom is -0.465 e. The standard InChI is InChI=1S/C15H16FN3O2/c1-9-13(15(20)21-2)14-17-7-6-12(19(14)18-9)10-4-3-5-11(16)8-10/h3-5,8,12,17H,6-7H2,1-2H3. The maximum Gasteiger partial charge on any atom is 0.343 e. The molecule has 110 valence electrons. The van der Waals surface area contributed by atoms with E-state index in [1.807, 2.05) is 6.07 Å². The van der Waals surface area contributed by atoms with Crippen LogP contribution in [0.1, 0.15) is 34.1 Å². The van der Waals surface area contributed by atoms with Crippen LogP contribution >= 0.6 is 0 Å². The van der Waals surface area contributed by atoms with Crippen molar-refractivity contribution >= 4 is 11.8 Å². The Morgan fingerprint density at radius 1 is 1.52 bits per heavy atom. The molecule has 0 saturated heterocycles. The fourth-order valence-corrected chi connectivity index (χ4v) is 2.76. The van der Waals surface area contributed by atoms with Crippen LogP contribution in [0.4, 0.5) is 10.2 Å². The Kier molecular flexibility index (Phi) is 3.37. The van der Waals surface area contributed by atoms with Gasteiger partial charge in [0.25, 0.3) is 0 Å². The molecule has 0 fully saturated rings. The number of aromatic nitrogens is 2. The number of hydrogen-bond donors (Lipinski definition) is 1. The molecule has 21 heavy (non-hydrogen) atoms. The minimum atomic E-state index is -0.416. The highest BCUT2D eigenvalue weighted by atomic mass is 19.1. The second kappa shape index (κ2) is 5.20. The van der Waals surface area contributed by atoms with Gasteiger partial charge in [-0.2, -0.15) is 5.10 Å². The lowest BCUT2D eigenvalue weighted by molar-refractivity contribution is 0.0601. The molecule has 1 unspecified atom stereocenters. The van der Waals surface area contributed by atoms with Gasteiger partial charge in [-0.15, -0.1) is 0 Å². The second-order valence-corrected chi connectivity index (χ2v) is 5.03.